The molecule has 0 saturated carbocycles. The zero-order valence-electron chi connectivity index (χ0n) is 6.76. The molecule has 1 unspecified atom stereocenters. The van der Waals surface area contributed by atoms with E-state index in [4.69, 9.17) is 11.8 Å². The van der Waals surface area contributed by atoms with E-state index in [0.29, 0.717) is 23.6 Å². The number of rotatable bonds is 0. The highest BCUT2D eigenvalue weighted by atomic mass is 35.5. The molecule has 0 aromatic carbocycles. The molecular formula is C7H14ClFN2+2. The molecule has 4 heteroatoms. The van der Waals surface area contributed by atoms with E-state index < -0.39 is 0 Å². The zero-order valence-corrected chi connectivity index (χ0v) is 7.52. The topological polar surface area (TPSA) is 0 Å². The van der Waals surface area contributed by atoms with E-state index in [-0.39, 0.29) is 10.7 Å². The first kappa shape index (κ1) is 7.77. The first-order valence-electron chi connectivity index (χ1n) is 4.16. The Morgan fingerprint density at radius 1 is 1.27 bits per heavy atom. The number of quaternary nitrogens is 2. The fourth-order valence-corrected chi connectivity index (χ4v) is 2.37. The summed E-state index contributed by atoms with van der Waals surface area (Å²) in [6, 6.07) is 0.282. The maximum Gasteiger partial charge on any atom is 0.168 e. The van der Waals surface area contributed by atoms with E-state index in [2.05, 4.69) is 0 Å². The molecule has 3 fully saturated rings. The van der Waals surface area contributed by atoms with Gasteiger partial charge in [-0.15, -0.1) is 4.71 Å². The van der Waals surface area contributed by atoms with Crippen molar-refractivity contribution < 1.29 is 13.2 Å². The summed E-state index contributed by atoms with van der Waals surface area (Å²) in [5, 5.41) is 0. The summed E-state index contributed by atoms with van der Waals surface area (Å²) in [6.45, 7) is 5.43. The van der Waals surface area contributed by atoms with Crippen molar-refractivity contribution in [3.63, 3.8) is 0 Å². The minimum Gasteiger partial charge on any atom is -0.205 e. The number of halogens is 2. The Hall–Kier alpha value is 0.140. The van der Waals surface area contributed by atoms with Gasteiger partial charge in [0.25, 0.3) is 0 Å². The third kappa shape index (κ3) is 1.06. The van der Waals surface area contributed by atoms with E-state index in [0.717, 1.165) is 13.1 Å². The van der Waals surface area contributed by atoms with Gasteiger partial charge in [-0.25, -0.2) is 4.00 Å². The van der Waals surface area contributed by atoms with Crippen LogP contribution in [0.25, 0.3) is 0 Å². The predicted octanol–water partition coefficient (Wildman–Crippen LogP) is 1.07. The van der Waals surface area contributed by atoms with Gasteiger partial charge in [0.15, 0.2) is 37.5 Å². The van der Waals surface area contributed by atoms with Gasteiger partial charge in [-0.3, -0.25) is 0 Å². The van der Waals surface area contributed by atoms with Crippen molar-refractivity contribution in [2.24, 2.45) is 0 Å². The van der Waals surface area contributed by atoms with Crippen molar-refractivity contribution >= 4 is 11.8 Å². The lowest BCUT2D eigenvalue weighted by Crippen LogP contribution is -2.72. The molecule has 0 spiro atoms. The molecule has 0 aromatic rings. The fraction of sp³-hybridized carbons (Fsp3) is 1.00. The highest BCUT2D eigenvalue weighted by Gasteiger charge is 2.55. The average Bonchev–Trinajstić information content (AvgIpc) is 1.94. The third-order valence-electron chi connectivity index (χ3n) is 3.13. The number of fused-ring (bicyclic) bond motifs is 3. The van der Waals surface area contributed by atoms with Crippen LogP contribution in [0.1, 0.15) is 6.92 Å². The molecule has 0 amide bonds. The minimum atomic E-state index is -0.242. The predicted molar refractivity (Wildman–Crippen MR) is 41.3 cm³/mol. The van der Waals surface area contributed by atoms with Gasteiger partial charge in [-0.2, -0.15) is 0 Å². The lowest BCUT2D eigenvalue weighted by atomic mass is 10.1. The fourth-order valence-electron chi connectivity index (χ4n) is 2.16. The van der Waals surface area contributed by atoms with Crippen molar-refractivity contribution in [2.75, 3.05) is 32.7 Å². The Balaban J connectivity index is 2.22. The van der Waals surface area contributed by atoms with Crippen LogP contribution in [0.15, 0.2) is 0 Å². The van der Waals surface area contributed by atoms with Gasteiger partial charge in [0, 0.05) is 0 Å². The molecule has 0 radical (unpaired) electrons. The van der Waals surface area contributed by atoms with Crippen molar-refractivity contribution in [3.05, 3.63) is 0 Å². The smallest absolute Gasteiger partial charge is 0.168 e. The average molecular weight is 181 g/mol. The second-order valence-electron chi connectivity index (χ2n) is 3.88. The molecule has 2 nitrogen and oxygen atoms in total. The van der Waals surface area contributed by atoms with Gasteiger partial charge < -0.3 is 0 Å². The van der Waals surface area contributed by atoms with Crippen LogP contribution >= 0.6 is 11.8 Å². The van der Waals surface area contributed by atoms with E-state index >= 15 is 0 Å². The molecule has 3 heterocycles. The molecule has 3 rings (SSSR count). The Labute approximate surface area is 71.4 Å². The lowest BCUT2D eigenvalue weighted by molar-refractivity contribution is -1.13. The maximum atomic E-state index is 13.6. The molecule has 3 saturated heterocycles. The molecule has 0 aromatic heterocycles. The molecule has 0 aliphatic carbocycles. The summed E-state index contributed by atoms with van der Waals surface area (Å²) in [7, 11) is 0. The normalized spacial score (nSPS) is 56.5. The van der Waals surface area contributed by atoms with E-state index in [1.807, 2.05) is 6.92 Å². The van der Waals surface area contributed by atoms with E-state index in [1.54, 1.807) is 0 Å². The van der Waals surface area contributed by atoms with Crippen molar-refractivity contribution in [3.8, 4) is 0 Å². The number of hydrogen-bond acceptors (Lipinski definition) is 0. The van der Waals surface area contributed by atoms with Gasteiger partial charge in [0.2, 0.25) is 0 Å². The quantitative estimate of drug-likeness (QED) is 0.490. The first-order valence-corrected chi connectivity index (χ1v) is 4.50. The van der Waals surface area contributed by atoms with E-state index in [9.17, 15) is 4.48 Å². The number of hydrogen-bond donors (Lipinski definition) is 0. The highest BCUT2D eigenvalue weighted by molar-refractivity contribution is 6.06. The van der Waals surface area contributed by atoms with Gasteiger partial charge in [-0.05, 0) is 11.4 Å². The first-order chi connectivity index (χ1) is 5.04. The second-order valence-corrected chi connectivity index (χ2v) is 4.55. The summed E-state index contributed by atoms with van der Waals surface area (Å²) in [4.78, 5) is 0. The Bertz CT molecular complexity index is 177. The second kappa shape index (κ2) is 2.09. The largest absolute Gasteiger partial charge is 0.205 e. The number of nitrogens with zero attached hydrogens (tertiary/aromatic N) is 2. The van der Waals surface area contributed by atoms with Crippen molar-refractivity contribution in [1.82, 2.24) is 0 Å². The zero-order chi connectivity index (χ0) is 8.11. The molecule has 11 heavy (non-hydrogen) atoms. The van der Waals surface area contributed by atoms with Crippen LogP contribution in [0.3, 0.4) is 0 Å². The third-order valence-corrected chi connectivity index (χ3v) is 3.80. The van der Waals surface area contributed by atoms with Gasteiger partial charge in [0.1, 0.15) is 13.1 Å². The van der Waals surface area contributed by atoms with Crippen LogP contribution in [0.2, 0.25) is 0 Å². The summed E-state index contributed by atoms with van der Waals surface area (Å²) >= 11 is 6.27. The SMILES string of the molecule is CC1C[N+]2(F)CC[N+]1(Cl)CC2. The van der Waals surface area contributed by atoms with Crippen LogP contribution in [-0.4, -0.2) is 47.5 Å². The monoisotopic (exact) mass is 180 g/mol. The highest BCUT2D eigenvalue weighted by Crippen LogP contribution is 2.33. The van der Waals surface area contributed by atoms with Crippen molar-refractivity contribution in [1.29, 1.82) is 0 Å². The molecule has 64 valence electrons. The summed E-state index contributed by atoms with van der Waals surface area (Å²) < 4.78 is 14.0. The molecule has 3 aliphatic rings. The van der Waals surface area contributed by atoms with Crippen LogP contribution in [0.4, 0.5) is 4.48 Å². The van der Waals surface area contributed by atoms with Crippen LogP contribution in [0.5, 0.6) is 0 Å². The summed E-state index contributed by atoms with van der Waals surface area (Å²) in [5.74, 6) is 0. The standard InChI is InChI=1S/C7H14ClFN2/c1-7-6-10(9)2-4-11(7,8)5-3-10/h7H,2-6H2,1H3/q+2. The molecule has 3 aliphatic heterocycles. The molecule has 1 atom stereocenters. The lowest BCUT2D eigenvalue weighted by Gasteiger charge is -2.48. The number of piperazine rings is 3. The Kier molecular flexibility index (Phi) is 1.48. The minimum absolute atomic E-state index is 0.242. The Morgan fingerprint density at radius 3 is 2.18 bits per heavy atom. The molecular weight excluding hydrogens is 167 g/mol. The van der Waals surface area contributed by atoms with Gasteiger partial charge >= 0.3 is 0 Å². The maximum absolute atomic E-state index is 13.6. The van der Waals surface area contributed by atoms with Crippen LogP contribution in [-0.2, 0) is 0 Å². The van der Waals surface area contributed by atoms with Crippen molar-refractivity contribution in [2.45, 2.75) is 13.0 Å². The Morgan fingerprint density at radius 2 is 1.82 bits per heavy atom. The summed E-state index contributed by atoms with van der Waals surface area (Å²) in [5.41, 5.74) is 0. The van der Waals surface area contributed by atoms with Gasteiger partial charge in [-0.1, -0.05) is 0 Å². The molecule has 2 bridgehead atoms. The summed E-state index contributed by atoms with van der Waals surface area (Å²) in [6.07, 6.45) is 0. The molecule has 0 N–H and O–H groups in total. The van der Waals surface area contributed by atoms with Crippen LogP contribution < -0.4 is 0 Å². The van der Waals surface area contributed by atoms with Gasteiger partial charge in [0.05, 0.1) is 0 Å². The van der Waals surface area contributed by atoms with Crippen LogP contribution in [0, 0.1) is 0 Å². The van der Waals surface area contributed by atoms with E-state index in [1.165, 1.54) is 0 Å².